The third kappa shape index (κ3) is 8.81. The summed E-state index contributed by atoms with van der Waals surface area (Å²) >= 11 is 0. The number of aryl methyl sites for hydroxylation is 2. The van der Waals surface area contributed by atoms with E-state index in [0.717, 1.165) is 49.0 Å². The summed E-state index contributed by atoms with van der Waals surface area (Å²) in [7, 11) is 1.29. The van der Waals surface area contributed by atoms with E-state index in [9.17, 15) is 9.59 Å². The van der Waals surface area contributed by atoms with Crippen molar-refractivity contribution < 1.29 is 19.1 Å². The molecule has 5 rings (SSSR count). The van der Waals surface area contributed by atoms with Gasteiger partial charge < -0.3 is 25.4 Å². The minimum atomic E-state index is -0.937. The SMILES string of the molecule is COC(=O)N[C@H](C(=O)Nc1ccccc1CC[C@@H]1CNC[C@@H](CCc2ccc(C#N)cc2)O1)C(c1ccccc1)c1ccccc1. The Morgan fingerprint density at radius 2 is 1.43 bits per heavy atom. The highest BCUT2D eigenvalue weighted by molar-refractivity contribution is 5.98. The summed E-state index contributed by atoms with van der Waals surface area (Å²) in [5.41, 5.74) is 5.34. The van der Waals surface area contributed by atoms with Crippen LogP contribution >= 0.6 is 0 Å². The average molecular weight is 617 g/mol. The number of carbonyl (C=O) groups excluding carboxylic acids is 2. The first kappa shape index (κ1) is 32.4. The van der Waals surface area contributed by atoms with Gasteiger partial charge in [-0.1, -0.05) is 91.0 Å². The number of nitrogens with one attached hydrogen (secondary N) is 3. The molecule has 3 N–H and O–H groups in total. The lowest BCUT2D eigenvalue weighted by Crippen LogP contribution is -2.48. The van der Waals surface area contributed by atoms with E-state index in [4.69, 9.17) is 14.7 Å². The van der Waals surface area contributed by atoms with Crippen molar-refractivity contribution in [3.8, 4) is 6.07 Å². The zero-order valence-electron chi connectivity index (χ0n) is 26.0. The van der Waals surface area contributed by atoms with Gasteiger partial charge in [0.2, 0.25) is 5.91 Å². The number of nitriles is 1. The second-order valence-electron chi connectivity index (χ2n) is 11.5. The molecule has 0 radical (unpaired) electrons. The number of ether oxygens (including phenoxy) is 2. The Morgan fingerprint density at radius 1 is 0.848 bits per heavy atom. The third-order valence-corrected chi connectivity index (χ3v) is 8.37. The van der Waals surface area contributed by atoms with Crippen LogP contribution in [0.1, 0.15) is 46.6 Å². The van der Waals surface area contributed by atoms with Gasteiger partial charge in [-0.15, -0.1) is 0 Å². The van der Waals surface area contributed by atoms with E-state index in [-0.39, 0.29) is 18.1 Å². The van der Waals surface area contributed by atoms with Crippen LogP contribution in [-0.4, -0.2) is 50.4 Å². The molecular weight excluding hydrogens is 576 g/mol. The number of benzene rings is 4. The van der Waals surface area contributed by atoms with Crippen molar-refractivity contribution in [2.24, 2.45) is 0 Å². The molecule has 1 aliphatic rings. The number of alkyl carbamates (subject to hydrolysis) is 1. The molecule has 8 nitrogen and oxygen atoms in total. The van der Waals surface area contributed by atoms with Crippen molar-refractivity contribution in [1.29, 1.82) is 5.26 Å². The summed E-state index contributed by atoms with van der Waals surface area (Å²) in [6.45, 7) is 1.57. The lowest BCUT2D eigenvalue weighted by Gasteiger charge is -2.31. The fourth-order valence-electron chi connectivity index (χ4n) is 5.96. The summed E-state index contributed by atoms with van der Waals surface area (Å²) in [4.78, 5) is 26.6. The van der Waals surface area contributed by atoms with Gasteiger partial charge in [-0.2, -0.15) is 5.26 Å². The maximum absolute atomic E-state index is 14.0. The van der Waals surface area contributed by atoms with Gasteiger partial charge in [0.15, 0.2) is 0 Å². The summed E-state index contributed by atoms with van der Waals surface area (Å²) in [5, 5.41) is 18.5. The lowest BCUT2D eigenvalue weighted by molar-refractivity contribution is -0.118. The number of morpholine rings is 1. The minimum absolute atomic E-state index is 0.0396. The van der Waals surface area contributed by atoms with Crippen LogP contribution in [0.4, 0.5) is 10.5 Å². The zero-order valence-corrected chi connectivity index (χ0v) is 26.0. The summed E-state index contributed by atoms with van der Waals surface area (Å²) in [6.07, 6.45) is 2.73. The molecular formula is C38H40N4O4. The highest BCUT2D eigenvalue weighted by Gasteiger charge is 2.33. The molecule has 0 unspecified atom stereocenters. The van der Waals surface area contributed by atoms with Crippen LogP contribution in [-0.2, 0) is 27.1 Å². The van der Waals surface area contributed by atoms with E-state index in [2.05, 4.69) is 22.0 Å². The number of hydrogen-bond acceptors (Lipinski definition) is 6. The van der Waals surface area contributed by atoms with Crippen molar-refractivity contribution in [3.05, 3.63) is 137 Å². The molecule has 0 bridgehead atoms. The zero-order chi connectivity index (χ0) is 32.1. The quantitative estimate of drug-likeness (QED) is 0.181. The van der Waals surface area contributed by atoms with Gasteiger partial charge in [0.05, 0.1) is 31.0 Å². The molecule has 4 aromatic carbocycles. The number of amides is 2. The minimum Gasteiger partial charge on any atom is -0.453 e. The van der Waals surface area contributed by atoms with Crippen LogP contribution in [0.5, 0.6) is 0 Å². The van der Waals surface area contributed by atoms with Gasteiger partial charge in [-0.05, 0) is 66.1 Å². The van der Waals surface area contributed by atoms with Crippen LogP contribution in [0, 0.1) is 11.3 Å². The first-order valence-corrected chi connectivity index (χ1v) is 15.7. The molecule has 0 spiro atoms. The topological polar surface area (TPSA) is 112 Å². The fourth-order valence-corrected chi connectivity index (χ4v) is 5.96. The van der Waals surface area contributed by atoms with E-state index in [1.54, 1.807) is 0 Å². The predicted octanol–water partition coefficient (Wildman–Crippen LogP) is 5.98. The predicted molar refractivity (Wildman–Crippen MR) is 178 cm³/mol. The van der Waals surface area contributed by atoms with Crippen LogP contribution in [0.3, 0.4) is 0 Å². The number of rotatable bonds is 12. The molecule has 0 saturated carbocycles. The number of anilines is 1. The van der Waals surface area contributed by atoms with Gasteiger partial charge >= 0.3 is 6.09 Å². The standard InChI is InChI=1S/C38H40N4O4/c1-45-38(44)42-36(35(30-11-4-2-5-12-30)31-13-6-3-7-14-31)37(43)41-34-15-9-8-10-29(34)21-23-33-26-40-25-32(46-33)22-20-27-16-18-28(24-39)19-17-27/h2-19,32-33,35-36,40H,20-23,25-26H2,1H3,(H,41,43)(H,42,44)/t32-,33-,36+/m1/s1. The first-order valence-electron chi connectivity index (χ1n) is 15.7. The van der Waals surface area contributed by atoms with E-state index in [1.807, 2.05) is 109 Å². The molecule has 1 heterocycles. The molecule has 0 aliphatic carbocycles. The van der Waals surface area contributed by atoms with E-state index in [1.165, 1.54) is 12.7 Å². The van der Waals surface area contributed by atoms with Crippen LogP contribution in [0.25, 0.3) is 0 Å². The monoisotopic (exact) mass is 616 g/mol. The second kappa shape index (κ2) is 16.4. The molecule has 4 aromatic rings. The average Bonchev–Trinajstić information content (AvgIpc) is 3.11. The Labute approximate surface area is 270 Å². The largest absolute Gasteiger partial charge is 0.453 e. The van der Waals surface area contributed by atoms with Gasteiger partial charge in [-0.25, -0.2) is 4.79 Å². The molecule has 236 valence electrons. The lowest BCUT2D eigenvalue weighted by atomic mass is 9.84. The Balaban J connectivity index is 1.26. The normalized spacial score (nSPS) is 16.6. The Kier molecular flexibility index (Phi) is 11.5. The van der Waals surface area contributed by atoms with Crippen molar-refractivity contribution >= 4 is 17.7 Å². The fraction of sp³-hybridized carbons (Fsp3) is 0.289. The molecule has 3 atom stereocenters. The molecule has 2 amide bonds. The number of hydrogen-bond donors (Lipinski definition) is 3. The maximum atomic E-state index is 14.0. The number of carbonyl (C=O) groups is 2. The Hall–Kier alpha value is -4.97. The second-order valence-corrected chi connectivity index (χ2v) is 11.5. The summed E-state index contributed by atoms with van der Waals surface area (Å²) < 4.78 is 11.4. The van der Waals surface area contributed by atoms with Gasteiger partial charge in [0, 0.05) is 24.7 Å². The molecule has 8 heteroatoms. The van der Waals surface area contributed by atoms with Gasteiger partial charge in [-0.3, -0.25) is 4.79 Å². The molecule has 1 saturated heterocycles. The summed E-state index contributed by atoms with van der Waals surface area (Å²) in [6, 6.07) is 36.1. The Bertz CT molecular complexity index is 1570. The van der Waals surface area contributed by atoms with Crippen molar-refractivity contribution in [3.63, 3.8) is 0 Å². The van der Waals surface area contributed by atoms with Gasteiger partial charge in [0.25, 0.3) is 0 Å². The third-order valence-electron chi connectivity index (χ3n) is 8.37. The molecule has 0 aromatic heterocycles. The van der Waals surface area contributed by atoms with E-state index >= 15 is 0 Å². The molecule has 1 fully saturated rings. The van der Waals surface area contributed by atoms with Gasteiger partial charge in [0.1, 0.15) is 6.04 Å². The van der Waals surface area contributed by atoms with Crippen LogP contribution < -0.4 is 16.0 Å². The first-order chi connectivity index (χ1) is 22.5. The van der Waals surface area contributed by atoms with Crippen molar-refractivity contribution in [1.82, 2.24) is 10.6 Å². The number of nitrogens with zero attached hydrogens (tertiary/aromatic N) is 1. The highest BCUT2D eigenvalue weighted by atomic mass is 16.5. The number of para-hydroxylation sites is 1. The molecule has 1 aliphatic heterocycles. The van der Waals surface area contributed by atoms with Crippen molar-refractivity contribution in [2.75, 3.05) is 25.5 Å². The Morgan fingerprint density at radius 3 is 2.04 bits per heavy atom. The smallest absolute Gasteiger partial charge is 0.407 e. The van der Waals surface area contributed by atoms with Crippen molar-refractivity contribution in [2.45, 2.75) is 49.9 Å². The highest BCUT2D eigenvalue weighted by Crippen LogP contribution is 2.30. The van der Waals surface area contributed by atoms with Crippen LogP contribution in [0.2, 0.25) is 0 Å². The van der Waals surface area contributed by atoms with E-state index in [0.29, 0.717) is 17.7 Å². The number of methoxy groups -OCH3 is 1. The maximum Gasteiger partial charge on any atom is 0.407 e. The van der Waals surface area contributed by atoms with Crippen LogP contribution in [0.15, 0.2) is 109 Å². The van der Waals surface area contributed by atoms with E-state index < -0.39 is 18.1 Å². The molecule has 46 heavy (non-hydrogen) atoms. The summed E-state index contributed by atoms with van der Waals surface area (Å²) in [5.74, 6) is -0.786.